The van der Waals surface area contributed by atoms with Gasteiger partial charge in [-0.25, -0.2) is 4.68 Å². The second-order valence-corrected chi connectivity index (χ2v) is 5.20. The molecule has 0 unspecified atom stereocenters. The number of thioether (sulfide) groups is 1. The minimum atomic E-state index is 0.803. The van der Waals surface area contributed by atoms with E-state index in [-0.39, 0.29) is 0 Å². The van der Waals surface area contributed by atoms with Crippen LogP contribution >= 0.6 is 11.8 Å². The van der Waals surface area contributed by atoms with E-state index in [0.717, 1.165) is 30.5 Å². The van der Waals surface area contributed by atoms with Crippen molar-refractivity contribution in [3.8, 4) is 0 Å². The molecule has 0 atom stereocenters. The number of hydrogen-bond acceptors (Lipinski definition) is 5. The van der Waals surface area contributed by atoms with Crippen LogP contribution in [0.4, 0.5) is 0 Å². The summed E-state index contributed by atoms with van der Waals surface area (Å²) in [5.74, 6) is 0.897. The fourth-order valence-electron chi connectivity index (χ4n) is 1.72. The Hall–Kier alpha value is -1.40. The van der Waals surface area contributed by atoms with Crippen LogP contribution in [-0.4, -0.2) is 33.3 Å². The van der Waals surface area contributed by atoms with Gasteiger partial charge in [0.05, 0.1) is 6.54 Å². The maximum absolute atomic E-state index is 4.08. The topological polar surface area (TPSA) is 55.6 Å². The maximum atomic E-state index is 4.08. The lowest BCUT2D eigenvalue weighted by Gasteiger charge is -2.06. The van der Waals surface area contributed by atoms with Gasteiger partial charge in [0.2, 0.25) is 5.16 Å². The van der Waals surface area contributed by atoms with E-state index in [0.29, 0.717) is 0 Å². The summed E-state index contributed by atoms with van der Waals surface area (Å²) < 4.78 is 1.85. The molecular weight excluding hydrogens is 258 g/mol. The summed E-state index contributed by atoms with van der Waals surface area (Å²) in [6, 6.07) is 8.40. The van der Waals surface area contributed by atoms with Crippen LogP contribution in [-0.2, 0) is 12.3 Å². The number of aromatic nitrogens is 4. The molecule has 0 aliphatic rings. The number of tetrazole rings is 1. The first-order valence-electron chi connectivity index (χ1n) is 6.45. The van der Waals surface area contributed by atoms with E-state index in [2.05, 4.69) is 59.0 Å². The highest BCUT2D eigenvalue weighted by Gasteiger charge is 2.07. The molecule has 6 heteroatoms. The zero-order valence-corrected chi connectivity index (χ0v) is 12.2. The van der Waals surface area contributed by atoms with Gasteiger partial charge in [-0.3, -0.25) is 0 Å². The van der Waals surface area contributed by atoms with Gasteiger partial charge < -0.3 is 5.32 Å². The minimum absolute atomic E-state index is 0.803. The highest BCUT2D eigenvalue weighted by molar-refractivity contribution is 7.98. The first-order chi connectivity index (χ1) is 9.31. The Balaban J connectivity index is 1.93. The molecule has 0 spiro atoms. The Kier molecular flexibility index (Phi) is 5.35. The largest absolute Gasteiger partial charge is 0.315 e. The summed E-state index contributed by atoms with van der Waals surface area (Å²) >= 11 is 1.68. The highest BCUT2D eigenvalue weighted by atomic mass is 32.2. The third kappa shape index (κ3) is 4.04. The number of nitrogens with zero attached hydrogens (tertiary/aromatic N) is 4. The lowest BCUT2D eigenvalue weighted by molar-refractivity contribution is 0.517. The van der Waals surface area contributed by atoms with Gasteiger partial charge in [0.15, 0.2) is 0 Å². The quantitative estimate of drug-likeness (QED) is 0.618. The van der Waals surface area contributed by atoms with Crippen LogP contribution in [0.5, 0.6) is 0 Å². The number of benzene rings is 1. The van der Waals surface area contributed by atoms with Gasteiger partial charge in [0.25, 0.3) is 0 Å². The molecule has 0 bridgehead atoms. The zero-order valence-electron chi connectivity index (χ0n) is 11.3. The molecule has 0 amide bonds. The molecule has 0 aliphatic heterocycles. The van der Waals surface area contributed by atoms with E-state index >= 15 is 0 Å². The van der Waals surface area contributed by atoms with Gasteiger partial charge >= 0.3 is 0 Å². The summed E-state index contributed by atoms with van der Waals surface area (Å²) in [5.41, 5.74) is 2.63. The molecule has 5 nitrogen and oxygen atoms in total. The first-order valence-corrected chi connectivity index (χ1v) is 7.44. The maximum Gasteiger partial charge on any atom is 0.209 e. The van der Waals surface area contributed by atoms with Crippen LogP contribution in [0.3, 0.4) is 0 Å². The smallest absolute Gasteiger partial charge is 0.209 e. The van der Waals surface area contributed by atoms with Crippen molar-refractivity contribution in [3.63, 3.8) is 0 Å². The van der Waals surface area contributed by atoms with Gasteiger partial charge in [0.1, 0.15) is 0 Å². The van der Waals surface area contributed by atoms with Gasteiger partial charge in [-0.1, -0.05) is 43.0 Å². The molecule has 19 heavy (non-hydrogen) atoms. The molecule has 0 aliphatic carbocycles. The molecule has 1 aromatic carbocycles. The number of rotatable bonds is 7. The number of hydrogen-bond donors (Lipinski definition) is 1. The lowest BCUT2D eigenvalue weighted by Crippen LogP contribution is -2.20. The number of likely N-dealkylation sites (N-methyl/N-ethyl adjacent to an activating group) is 1. The van der Waals surface area contributed by atoms with E-state index in [1.807, 2.05) is 4.68 Å². The standard InChI is InChI=1S/C13H19N5S/c1-3-14-8-9-18-13(15-16-17-18)19-10-12-7-5-4-6-11(12)2/h4-7,14H,3,8-10H2,1-2H3. The third-order valence-corrected chi connectivity index (χ3v) is 3.87. The molecule has 2 aromatic rings. The highest BCUT2D eigenvalue weighted by Crippen LogP contribution is 2.21. The molecule has 1 heterocycles. The van der Waals surface area contributed by atoms with Crippen LogP contribution in [0.15, 0.2) is 29.4 Å². The number of aryl methyl sites for hydroxylation is 1. The van der Waals surface area contributed by atoms with Crippen molar-refractivity contribution in [2.45, 2.75) is 31.3 Å². The molecule has 0 radical (unpaired) electrons. The Morgan fingerprint density at radius 2 is 2.16 bits per heavy atom. The Morgan fingerprint density at radius 1 is 1.32 bits per heavy atom. The van der Waals surface area contributed by atoms with Crippen LogP contribution in [0.2, 0.25) is 0 Å². The van der Waals surface area contributed by atoms with Crippen molar-refractivity contribution in [2.24, 2.45) is 0 Å². The van der Waals surface area contributed by atoms with Crippen LogP contribution < -0.4 is 5.32 Å². The SMILES string of the molecule is CCNCCn1nnnc1SCc1ccccc1C. The molecule has 0 saturated heterocycles. The van der Waals surface area contributed by atoms with Gasteiger partial charge in [-0.05, 0) is 35.0 Å². The second-order valence-electron chi connectivity index (χ2n) is 4.25. The van der Waals surface area contributed by atoms with Crippen LogP contribution in [0, 0.1) is 6.92 Å². The van der Waals surface area contributed by atoms with Crippen molar-refractivity contribution in [3.05, 3.63) is 35.4 Å². The lowest BCUT2D eigenvalue weighted by atomic mass is 10.1. The van der Waals surface area contributed by atoms with E-state index in [1.165, 1.54) is 11.1 Å². The number of nitrogens with one attached hydrogen (secondary N) is 1. The normalized spacial score (nSPS) is 10.8. The van der Waals surface area contributed by atoms with Gasteiger partial charge in [-0.15, -0.1) is 5.10 Å². The van der Waals surface area contributed by atoms with Crippen molar-refractivity contribution >= 4 is 11.8 Å². The fourth-order valence-corrected chi connectivity index (χ4v) is 2.70. The van der Waals surface area contributed by atoms with Crippen molar-refractivity contribution < 1.29 is 0 Å². The molecule has 2 rings (SSSR count). The van der Waals surface area contributed by atoms with Crippen molar-refractivity contribution in [1.82, 2.24) is 25.5 Å². The molecule has 1 N–H and O–H groups in total. The van der Waals surface area contributed by atoms with Crippen molar-refractivity contribution in [1.29, 1.82) is 0 Å². The average Bonchev–Trinajstić information content (AvgIpc) is 2.86. The predicted molar refractivity (Wildman–Crippen MR) is 77.1 cm³/mol. The van der Waals surface area contributed by atoms with Gasteiger partial charge in [-0.2, -0.15) is 0 Å². The van der Waals surface area contributed by atoms with E-state index in [1.54, 1.807) is 11.8 Å². The molecular formula is C13H19N5S. The zero-order chi connectivity index (χ0) is 13.5. The molecule has 1 aromatic heterocycles. The monoisotopic (exact) mass is 277 g/mol. The molecule has 102 valence electrons. The molecule has 0 fully saturated rings. The van der Waals surface area contributed by atoms with E-state index in [4.69, 9.17) is 0 Å². The molecule has 0 saturated carbocycles. The summed E-state index contributed by atoms with van der Waals surface area (Å²) in [5, 5.41) is 16.0. The predicted octanol–water partition coefficient (Wildman–Crippen LogP) is 1.88. The first kappa shape index (κ1) is 14.0. The van der Waals surface area contributed by atoms with Crippen molar-refractivity contribution in [2.75, 3.05) is 13.1 Å². The summed E-state index contributed by atoms with van der Waals surface area (Å²) in [6.07, 6.45) is 0. The minimum Gasteiger partial charge on any atom is -0.315 e. The Morgan fingerprint density at radius 3 is 2.95 bits per heavy atom. The Bertz CT molecular complexity index is 511. The van der Waals surface area contributed by atoms with Crippen LogP contribution in [0.1, 0.15) is 18.1 Å². The summed E-state index contributed by atoms with van der Waals surface area (Å²) in [7, 11) is 0. The average molecular weight is 277 g/mol. The van der Waals surface area contributed by atoms with E-state index < -0.39 is 0 Å². The van der Waals surface area contributed by atoms with E-state index in [9.17, 15) is 0 Å². The Labute approximate surface area is 117 Å². The summed E-state index contributed by atoms with van der Waals surface area (Å²) in [4.78, 5) is 0. The summed E-state index contributed by atoms with van der Waals surface area (Å²) in [6.45, 7) is 6.88. The third-order valence-electron chi connectivity index (χ3n) is 2.87. The second kappa shape index (κ2) is 7.25. The van der Waals surface area contributed by atoms with Crippen LogP contribution in [0.25, 0.3) is 0 Å². The fraction of sp³-hybridized carbons (Fsp3) is 0.462. The van der Waals surface area contributed by atoms with Gasteiger partial charge in [0, 0.05) is 12.3 Å².